The number of fused-ring (bicyclic) bond motifs is 1. The predicted molar refractivity (Wildman–Crippen MR) is 88.9 cm³/mol. The minimum Gasteiger partial charge on any atom is -0.355 e. The van der Waals surface area contributed by atoms with Crippen LogP contribution in [0.3, 0.4) is 0 Å². The van der Waals surface area contributed by atoms with Crippen LogP contribution in [-0.2, 0) is 22.6 Å². The van der Waals surface area contributed by atoms with Crippen molar-refractivity contribution in [3.8, 4) is 0 Å². The number of carbonyl (C=O) groups is 2. The quantitative estimate of drug-likeness (QED) is 0.802. The molecule has 0 aliphatic carbocycles. The third-order valence-electron chi connectivity index (χ3n) is 4.68. The van der Waals surface area contributed by atoms with Crippen molar-refractivity contribution in [1.82, 2.24) is 15.1 Å². The maximum absolute atomic E-state index is 12.1. The lowest BCUT2D eigenvalue weighted by Gasteiger charge is -2.28. The Morgan fingerprint density at radius 3 is 2.74 bits per heavy atom. The van der Waals surface area contributed by atoms with Gasteiger partial charge in [-0.1, -0.05) is 24.3 Å². The molecule has 0 bridgehead atoms. The van der Waals surface area contributed by atoms with Gasteiger partial charge in [0.05, 0.1) is 6.54 Å². The molecule has 124 valence electrons. The zero-order chi connectivity index (χ0) is 16.1. The highest BCUT2D eigenvalue weighted by Crippen LogP contribution is 2.17. The second kappa shape index (κ2) is 7.59. The van der Waals surface area contributed by atoms with Crippen molar-refractivity contribution in [2.75, 3.05) is 32.7 Å². The Morgan fingerprint density at radius 2 is 1.96 bits per heavy atom. The summed E-state index contributed by atoms with van der Waals surface area (Å²) in [6.07, 6.45) is 3.51. The van der Waals surface area contributed by atoms with Gasteiger partial charge in [0, 0.05) is 39.1 Å². The third-order valence-corrected chi connectivity index (χ3v) is 4.68. The minimum atomic E-state index is 0.0807. The number of likely N-dealkylation sites (tertiary alicyclic amines) is 1. The lowest BCUT2D eigenvalue weighted by molar-refractivity contribution is -0.127. The summed E-state index contributed by atoms with van der Waals surface area (Å²) in [4.78, 5) is 27.6. The summed E-state index contributed by atoms with van der Waals surface area (Å²) < 4.78 is 0. The number of hydrogen-bond donors (Lipinski definition) is 1. The van der Waals surface area contributed by atoms with E-state index < -0.39 is 0 Å². The summed E-state index contributed by atoms with van der Waals surface area (Å²) >= 11 is 0. The molecule has 1 saturated heterocycles. The summed E-state index contributed by atoms with van der Waals surface area (Å²) in [5.74, 6) is 0.334. The van der Waals surface area contributed by atoms with Crippen LogP contribution in [0, 0.1) is 0 Å². The van der Waals surface area contributed by atoms with Crippen LogP contribution in [0.1, 0.15) is 30.4 Å². The van der Waals surface area contributed by atoms with E-state index in [1.165, 1.54) is 11.1 Å². The van der Waals surface area contributed by atoms with Gasteiger partial charge in [-0.2, -0.15) is 0 Å². The molecule has 0 atom stereocenters. The van der Waals surface area contributed by atoms with E-state index in [4.69, 9.17) is 0 Å². The molecule has 1 N–H and O–H groups in total. The van der Waals surface area contributed by atoms with Crippen molar-refractivity contribution < 1.29 is 9.59 Å². The molecule has 5 heteroatoms. The summed E-state index contributed by atoms with van der Waals surface area (Å²) in [7, 11) is 0. The van der Waals surface area contributed by atoms with Crippen molar-refractivity contribution in [3.05, 3.63) is 35.4 Å². The normalized spacial score (nSPS) is 18.1. The molecule has 1 fully saturated rings. The second-order valence-electron chi connectivity index (χ2n) is 6.42. The third kappa shape index (κ3) is 4.32. The highest BCUT2D eigenvalue weighted by molar-refractivity contribution is 5.78. The van der Waals surface area contributed by atoms with Crippen molar-refractivity contribution in [1.29, 1.82) is 0 Å². The second-order valence-corrected chi connectivity index (χ2v) is 6.42. The van der Waals surface area contributed by atoms with Gasteiger partial charge in [-0.25, -0.2) is 0 Å². The number of nitrogens with one attached hydrogen (secondary N) is 1. The molecule has 2 amide bonds. The molecule has 0 unspecified atom stereocenters. The number of hydrogen-bond acceptors (Lipinski definition) is 3. The Morgan fingerprint density at radius 1 is 1.13 bits per heavy atom. The van der Waals surface area contributed by atoms with E-state index in [2.05, 4.69) is 34.5 Å². The Bertz CT molecular complexity index is 573. The molecule has 0 aromatic heterocycles. The minimum absolute atomic E-state index is 0.0807. The molecule has 1 aromatic rings. The molecule has 23 heavy (non-hydrogen) atoms. The summed E-state index contributed by atoms with van der Waals surface area (Å²) in [5.41, 5.74) is 2.73. The highest BCUT2D eigenvalue weighted by atomic mass is 16.2. The average Bonchev–Trinajstić information content (AvgIpc) is 2.97. The molecule has 2 heterocycles. The fourth-order valence-corrected chi connectivity index (χ4v) is 3.39. The maximum Gasteiger partial charge on any atom is 0.234 e. The summed E-state index contributed by atoms with van der Waals surface area (Å²) in [5, 5.41) is 2.97. The number of carbonyl (C=O) groups excluding carboxylic acids is 2. The first-order valence-corrected chi connectivity index (χ1v) is 8.56. The Kier molecular flexibility index (Phi) is 5.28. The smallest absolute Gasteiger partial charge is 0.234 e. The van der Waals surface area contributed by atoms with Gasteiger partial charge >= 0.3 is 0 Å². The molecule has 1 aromatic carbocycles. The first kappa shape index (κ1) is 16.0. The monoisotopic (exact) mass is 315 g/mol. The van der Waals surface area contributed by atoms with Gasteiger partial charge < -0.3 is 10.2 Å². The van der Waals surface area contributed by atoms with E-state index in [0.29, 0.717) is 19.5 Å². The average molecular weight is 315 g/mol. The summed E-state index contributed by atoms with van der Waals surface area (Å²) in [6.45, 7) is 4.53. The van der Waals surface area contributed by atoms with Crippen LogP contribution in [0.4, 0.5) is 0 Å². The van der Waals surface area contributed by atoms with Gasteiger partial charge in [-0.3, -0.25) is 14.5 Å². The molecular formula is C18H25N3O2. The lowest BCUT2D eigenvalue weighted by Crippen LogP contribution is -2.40. The highest BCUT2D eigenvalue weighted by Gasteiger charge is 2.20. The van der Waals surface area contributed by atoms with Gasteiger partial charge in [0.15, 0.2) is 0 Å². The van der Waals surface area contributed by atoms with Gasteiger partial charge in [0.2, 0.25) is 11.8 Å². The topological polar surface area (TPSA) is 52.7 Å². The molecule has 3 rings (SSSR count). The van der Waals surface area contributed by atoms with Crippen LogP contribution >= 0.6 is 0 Å². The maximum atomic E-state index is 12.1. The van der Waals surface area contributed by atoms with Crippen molar-refractivity contribution >= 4 is 11.8 Å². The van der Waals surface area contributed by atoms with Gasteiger partial charge in [-0.05, 0) is 30.4 Å². The molecule has 2 aliphatic heterocycles. The van der Waals surface area contributed by atoms with Crippen molar-refractivity contribution in [2.24, 2.45) is 0 Å². The fraction of sp³-hybridized carbons (Fsp3) is 0.556. The van der Waals surface area contributed by atoms with Crippen molar-refractivity contribution in [2.45, 2.75) is 32.2 Å². The number of rotatable bonds is 6. The van der Waals surface area contributed by atoms with Crippen LogP contribution < -0.4 is 5.32 Å². The SMILES string of the molecule is O=C(CN1CCc2ccccc2C1)NCCCN1CCCC1=O. The molecule has 0 saturated carbocycles. The molecule has 5 nitrogen and oxygen atoms in total. The Labute approximate surface area is 137 Å². The number of amides is 2. The molecule has 0 radical (unpaired) electrons. The largest absolute Gasteiger partial charge is 0.355 e. The fourth-order valence-electron chi connectivity index (χ4n) is 3.39. The van der Waals surface area contributed by atoms with Crippen LogP contribution in [0.25, 0.3) is 0 Å². The van der Waals surface area contributed by atoms with E-state index in [-0.39, 0.29) is 11.8 Å². The first-order valence-electron chi connectivity index (χ1n) is 8.56. The van der Waals surface area contributed by atoms with E-state index in [1.54, 1.807) is 0 Å². The molecule has 2 aliphatic rings. The zero-order valence-electron chi connectivity index (χ0n) is 13.6. The molecule has 0 spiro atoms. The van der Waals surface area contributed by atoms with Gasteiger partial charge in [-0.15, -0.1) is 0 Å². The van der Waals surface area contributed by atoms with Gasteiger partial charge in [0.25, 0.3) is 0 Å². The number of nitrogens with zero attached hydrogens (tertiary/aromatic N) is 2. The van der Waals surface area contributed by atoms with E-state index in [9.17, 15) is 9.59 Å². The zero-order valence-corrected chi connectivity index (χ0v) is 13.6. The van der Waals surface area contributed by atoms with Crippen molar-refractivity contribution in [3.63, 3.8) is 0 Å². The summed E-state index contributed by atoms with van der Waals surface area (Å²) in [6, 6.07) is 8.45. The first-order chi connectivity index (χ1) is 11.2. The Balaban J connectivity index is 1.34. The van der Waals surface area contributed by atoms with E-state index >= 15 is 0 Å². The Hall–Kier alpha value is -1.88. The van der Waals surface area contributed by atoms with Crippen LogP contribution in [0.2, 0.25) is 0 Å². The van der Waals surface area contributed by atoms with E-state index in [0.717, 1.165) is 45.4 Å². The van der Waals surface area contributed by atoms with E-state index in [1.807, 2.05) is 4.90 Å². The van der Waals surface area contributed by atoms with Crippen LogP contribution in [0.5, 0.6) is 0 Å². The molecular weight excluding hydrogens is 290 g/mol. The lowest BCUT2D eigenvalue weighted by atomic mass is 10.00. The van der Waals surface area contributed by atoms with Crippen LogP contribution in [0.15, 0.2) is 24.3 Å². The predicted octanol–water partition coefficient (Wildman–Crippen LogP) is 1.17. The number of benzene rings is 1. The van der Waals surface area contributed by atoms with Gasteiger partial charge in [0.1, 0.15) is 0 Å². The standard InChI is InChI=1S/C18H25N3O2/c22-17(19-9-4-11-21-10-3-7-18(21)23)14-20-12-8-15-5-1-2-6-16(15)13-20/h1-2,5-6H,3-4,7-14H2,(H,19,22). The van der Waals surface area contributed by atoms with Crippen LogP contribution in [-0.4, -0.2) is 54.3 Å².